The van der Waals surface area contributed by atoms with Crippen LogP contribution in [0.15, 0.2) is 24.3 Å². The van der Waals surface area contributed by atoms with Gasteiger partial charge >= 0.3 is 0 Å². The fraction of sp³-hybridized carbons (Fsp3) is 0.458. The third-order valence-electron chi connectivity index (χ3n) is 6.84. The Labute approximate surface area is 185 Å². The molecule has 0 aliphatic carbocycles. The molecule has 4 atom stereocenters. The molecule has 0 unspecified atom stereocenters. The summed E-state index contributed by atoms with van der Waals surface area (Å²) in [5.74, 6) is -2.04. The number of carbonyl (C=O) groups is 3. The first kappa shape index (κ1) is 20.4. The molecule has 0 saturated carbocycles. The Balaban J connectivity index is 1.60. The maximum Gasteiger partial charge on any atom is 0.252 e. The SMILES string of the molecule is Cc1sc(N2C(=O)[C@H]3[C@H](C2=O)[C@H]2CC[C@H]3O2)c(C(N)=O)c1-c1ccc(C(C)(C)C)cc1. The molecule has 31 heavy (non-hydrogen) atoms. The van der Waals surface area contributed by atoms with Crippen LogP contribution in [-0.4, -0.2) is 29.9 Å². The van der Waals surface area contributed by atoms with Crippen LogP contribution in [0.1, 0.15) is 54.4 Å². The number of rotatable bonds is 3. The first-order valence-electron chi connectivity index (χ1n) is 10.7. The molecular weight excluding hydrogens is 412 g/mol. The summed E-state index contributed by atoms with van der Waals surface area (Å²) in [6, 6.07) is 8.04. The van der Waals surface area contributed by atoms with Gasteiger partial charge in [0.25, 0.3) is 5.91 Å². The molecule has 2 bridgehead atoms. The van der Waals surface area contributed by atoms with Gasteiger partial charge in [0.1, 0.15) is 5.00 Å². The van der Waals surface area contributed by atoms with Gasteiger partial charge in [0, 0.05) is 10.4 Å². The van der Waals surface area contributed by atoms with Gasteiger partial charge in [-0.1, -0.05) is 45.0 Å². The Hall–Kier alpha value is -2.51. The number of nitrogens with zero attached hydrogens (tertiary/aromatic N) is 1. The average molecular weight is 439 g/mol. The highest BCUT2D eigenvalue weighted by molar-refractivity contribution is 7.17. The number of primary amides is 1. The first-order chi connectivity index (χ1) is 14.6. The van der Waals surface area contributed by atoms with Gasteiger partial charge in [0.05, 0.1) is 29.6 Å². The van der Waals surface area contributed by atoms with Crippen LogP contribution in [0, 0.1) is 18.8 Å². The number of ether oxygens (including phenoxy) is 1. The van der Waals surface area contributed by atoms with Crippen LogP contribution in [0.4, 0.5) is 5.00 Å². The van der Waals surface area contributed by atoms with Crippen LogP contribution < -0.4 is 10.6 Å². The largest absolute Gasteiger partial charge is 0.373 e. The summed E-state index contributed by atoms with van der Waals surface area (Å²) in [6.07, 6.45) is 1.21. The second-order valence-electron chi connectivity index (χ2n) is 9.76. The summed E-state index contributed by atoms with van der Waals surface area (Å²) in [7, 11) is 0. The third-order valence-corrected chi connectivity index (χ3v) is 7.93. The van der Waals surface area contributed by atoms with Crippen LogP contribution >= 0.6 is 11.3 Å². The predicted octanol–water partition coefficient (Wildman–Crippen LogP) is 3.79. The number of amides is 3. The van der Waals surface area contributed by atoms with E-state index in [9.17, 15) is 14.4 Å². The zero-order chi connectivity index (χ0) is 22.2. The van der Waals surface area contributed by atoms with Crippen molar-refractivity contribution in [3.63, 3.8) is 0 Å². The van der Waals surface area contributed by atoms with Gasteiger partial charge in [-0.05, 0) is 36.3 Å². The van der Waals surface area contributed by atoms with Gasteiger partial charge in [-0.3, -0.25) is 14.4 Å². The molecular formula is C24H26N2O4S. The average Bonchev–Trinajstić information content (AvgIpc) is 3.43. The summed E-state index contributed by atoms with van der Waals surface area (Å²) in [5.41, 5.74) is 8.79. The molecule has 162 valence electrons. The topological polar surface area (TPSA) is 89.7 Å². The first-order valence-corrected chi connectivity index (χ1v) is 11.5. The number of benzene rings is 1. The number of imide groups is 1. The van der Waals surface area contributed by atoms with Crippen molar-refractivity contribution < 1.29 is 19.1 Å². The molecule has 3 aliphatic rings. The third kappa shape index (κ3) is 2.90. The smallest absolute Gasteiger partial charge is 0.252 e. The van der Waals surface area contributed by atoms with Gasteiger partial charge in [0.2, 0.25) is 11.8 Å². The van der Waals surface area contributed by atoms with Crippen molar-refractivity contribution >= 4 is 34.1 Å². The van der Waals surface area contributed by atoms with E-state index in [4.69, 9.17) is 10.5 Å². The van der Waals surface area contributed by atoms with Gasteiger partial charge < -0.3 is 10.5 Å². The Bertz CT molecular complexity index is 1080. The van der Waals surface area contributed by atoms with E-state index in [2.05, 4.69) is 20.8 Å². The second kappa shape index (κ2) is 6.74. The van der Waals surface area contributed by atoms with Crippen molar-refractivity contribution in [3.8, 4) is 11.1 Å². The molecule has 4 heterocycles. The standard InChI is InChI=1S/C24H26N2O4S/c1-11-16(12-5-7-13(8-6-12)24(2,3)4)19(20(25)27)23(31-11)26-21(28)17-14-9-10-15(30-14)18(17)22(26)29/h5-8,14-15,17-18H,9-10H2,1-4H3,(H2,25,27)/t14-,15-,17-,18-/m1/s1. The fourth-order valence-corrected chi connectivity index (χ4v) is 6.50. The van der Waals surface area contributed by atoms with Crippen molar-refractivity contribution in [3.05, 3.63) is 40.3 Å². The van der Waals surface area contributed by atoms with Crippen molar-refractivity contribution in [2.45, 2.75) is 58.2 Å². The molecule has 1 aromatic heterocycles. The number of nitrogens with two attached hydrogens (primary N) is 1. The van der Waals surface area contributed by atoms with Crippen LogP contribution in [0.2, 0.25) is 0 Å². The van der Waals surface area contributed by atoms with Crippen molar-refractivity contribution in [1.29, 1.82) is 0 Å². The summed E-state index contributed by atoms with van der Waals surface area (Å²) in [5, 5.41) is 0.351. The van der Waals surface area contributed by atoms with E-state index in [1.54, 1.807) is 0 Å². The molecule has 7 heteroatoms. The molecule has 0 spiro atoms. The summed E-state index contributed by atoms with van der Waals surface area (Å²) in [6.45, 7) is 8.32. The molecule has 3 fully saturated rings. The zero-order valence-corrected chi connectivity index (χ0v) is 18.9. The Morgan fingerprint density at radius 2 is 1.61 bits per heavy atom. The highest BCUT2D eigenvalue weighted by Gasteiger charge is 2.63. The number of carbonyl (C=O) groups excluding carboxylic acids is 3. The minimum absolute atomic E-state index is 0.00744. The van der Waals surface area contributed by atoms with Crippen LogP contribution in [0.5, 0.6) is 0 Å². The maximum atomic E-state index is 13.3. The van der Waals surface area contributed by atoms with Crippen LogP contribution in [-0.2, 0) is 19.7 Å². The Kier molecular flexibility index (Phi) is 4.44. The number of hydrogen-bond donors (Lipinski definition) is 1. The van der Waals surface area contributed by atoms with Gasteiger partial charge in [-0.2, -0.15) is 0 Å². The number of anilines is 1. The molecule has 2 aromatic rings. The molecule has 3 aliphatic heterocycles. The minimum Gasteiger partial charge on any atom is -0.373 e. The predicted molar refractivity (Wildman–Crippen MR) is 119 cm³/mol. The fourth-order valence-electron chi connectivity index (χ4n) is 5.31. The van der Waals surface area contributed by atoms with E-state index in [0.717, 1.165) is 23.3 Å². The van der Waals surface area contributed by atoms with E-state index in [-0.39, 0.29) is 35.0 Å². The minimum atomic E-state index is -0.633. The van der Waals surface area contributed by atoms with Gasteiger partial charge in [-0.25, -0.2) is 4.90 Å². The Morgan fingerprint density at radius 1 is 1.06 bits per heavy atom. The quantitative estimate of drug-likeness (QED) is 0.739. The van der Waals surface area contributed by atoms with Crippen molar-refractivity contribution in [1.82, 2.24) is 0 Å². The molecule has 5 rings (SSSR count). The zero-order valence-electron chi connectivity index (χ0n) is 18.1. The van der Waals surface area contributed by atoms with E-state index in [1.807, 2.05) is 31.2 Å². The normalized spacial score (nSPS) is 27.3. The lowest BCUT2D eigenvalue weighted by Crippen LogP contribution is -2.35. The molecule has 6 nitrogen and oxygen atoms in total. The number of fused-ring (bicyclic) bond motifs is 5. The number of thiophene rings is 1. The van der Waals surface area contributed by atoms with Gasteiger partial charge in [0.15, 0.2) is 0 Å². The van der Waals surface area contributed by atoms with Crippen LogP contribution in [0.3, 0.4) is 0 Å². The molecule has 1 aromatic carbocycles. The highest BCUT2D eigenvalue weighted by Crippen LogP contribution is 2.52. The van der Waals surface area contributed by atoms with Crippen molar-refractivity contribution in [2.24, 2.45) is 17.6 Å². The summed E-state index contributed by atoms with van der Waals surface area (Å²) < 4.78 is 5.82. The van der Waals surface area contributed by atoms with Crippen molar-refractivity contribution in [2.75, 3.05) is 4.90 Å². The molecule has 2 N–H and O–H groups in total. The van der Waals surface area contributed by atoms with Gasteiger partial charge in [-0.15, -0.1) is 11.3 Å². The van der Waals surface area contributed by atoms with E-state index in [0.29, 0.717) is 10.6 Å². The Morgan fingerprint density at radius 3 is 2.10 bits per heavy atom. The highest BCUT2D eigenvalue weighted by atomic mass is 32.1. The lowest BCUT2D eigenvalue weighted by molar-refractivity contribution is -0.124. The van der Waals surface area contributed by atoms with E-state index in [1.165, 1.54) is 21.8 Å². The van der Waals surface area contributed by atoms with E-state index < -0.39 is 17.7 Å². The lowest BCUT2D eigenvalue weighted by atomic mass is 9.81. The lowest BCUT2D eigenvalue weighted by Gasteiger charge is -2.19. The summed E-state index contributed by atoms with van der Waals surface area (Å²) in [4.78, 5) is 41.1. The number of hydrogen-bond acceptors (Lipinski definition) is 5. The summed E-state index contributed by atoms with van der Waals surface area (Å²) >= 11 is 1.28. The monoisotopic (exact) mass is 438 g/mol. The molecule has 3 amide bonds. The molecule has 0 radical (unpaired) electrons. The maximum absolute atomic E-state index is 13.3. The molecule has 3 saturated heterocycles. The van der Waals surface area contributed by atoms with E-state index >= 15 is 0 Å². The van der Waals surface area contributed by atoms with Crippen LogP contribution in [0.25, 0.3) is 11.1 Å². The number of aryl methyl sites for hydroxylation is 1. The second-order valence-corrected chi connectivity index (χ2v) is 11.0.